The molecule has 7 nitrogen and oxygen atoms in total. The fraction of sp³-hybridized carbons (Fsp3) is 0.481. The number of hydrogen-bond donors (Lipinski definition) is 2. The van der Waals surface area contributed by atoms with E-state index < -0.39 is 16.1 Å². The van der Waals surface area contributed by atoms with Crippen LogP contribution in [0, 0.1) is 11.8 Å². The van der Waals surface area contributed by atoms with Gasteiger partial charge in [-0.2, -0.15) is 4.72 Å². The lowest BCUT2D eigenvalue weighted by molar-refractivity contribution is -0.135. The Morgan fingerprint density at radius 1 is 1.09 bits per heavy atom. The molecule has 35 heavy (non-hydrogen) atoms. The summed E-state index contributed by atoms with van der Waals surface area (Å²) in [5, 5.41) is 2.83. The number of nitrogens with one attached hydrogen (secondary N) is 2. The van der Waals surface area contributed by atoms with Crippen LogP contribution in [0.1, 0.15) is 50.7 Å². The largest absolute Gasteiger partial charge is 0.341 e. The summed E-state index contributed by atoms with van der Waals surface area (Å²) in [6.45, 7) is 5.00. The van der Waals surface area contributed by atoms with Crippen LogP contribution < -0.4 is 10.0 Å². The van der Waals surface area contributed by atoms with Gasteiger partial charge in [-0.1, -0.05) is 44.2 Å². The predicted molar refractivity (Wildman–Crippen MR) is 136 cm³/mol. The standard InChI is InChI=1S/C27H35N3O4S/c1-19(2)26(27(32)30-15-13-21(14-16-30)17-20-7-4-3-5-8-20)29-35(33,34)23-11-12-24-22(18-23)9-6-10-25(31)28-24/h3-5,7-8,11-12,18-19,21,26,29H,6,9-10,13-17H2,1-2H3,(H,28,31). The zero-order valence-corrected chi connectivity index (χ0v) is 21.3. The number of fused-ring (bicyclic) bond motifs is 1. The Morgan fingerprint density at radius 3 is 2.49 bits per heavy atom. The lowest BCUT2D eigenvalue weighted by atomic mass is 9.89. The van der Waals surface area contributed by atoms with Gasteiger partial charge in [-0.15, -0.1) is 0 Å². The Kier molecular flexibility index (Phi) is 7.91. The smallest absolute Gasteiger partial charge is 0.241 e. The summed E-state index contributed by atoms with van der Waals surface area (Å²) < 4.78 is 29.2. The number of aryl methyl sites for hydroxylation is 1. The Labute approximate surface area is 208 Å². The minimum atomic E-state index is -3.91. The normalized spacial score (nSPS) is 18.0. The maximum absolute atomic E-state index is 13.4. The highest BCUT2D eigenvalue weighted by Crippen LogP contribution is 2.26. The number of rotatable bonds is 7. The minimum Gasteiger partial charge on any atom is -0.341 e. The Bertz CT molecular complexity index is 1160. The van der Waals surface area contributed by atoms with Gasteiger partial charge in [-0.25, -0.2) is 8.42 Å². The molecule has 2 aliphatic rings. The van der Waals surface area contributed by atoms with Gasteiger partial charge in [0.25, 0.3) is 0 Å². The second kappa shape index (κ2) is 10.9. The van der Waals surface area contributed by atoms with E-state index in [2.05, 4.69) is 22.2 Å². The van der Waals surface area contributed by atoms with Crippen molar-refractivity contribution < 1.29 is 18.0 Å². The molecular formula is C27H35N3O4S. The second-order valence-electron chi connectivity index (χ2n) is 10.0. The summed E-state index contributed by atoms with van der Waals surface area (Å²) in [5.41, 5.74) is 2.76. The Balaban J connectivity index is 1.42. The lowest BCUT2D eigenvalue weighted by Crippen LogP contribution is -2.53. The van der Waals surface area contributed by atoms with Crippen molar-refractivity contribution in [2.24, 2.45) is 11.8 Å². The molecule has 1 atom stereocenters. The zero-order valence-electron chi connectivity index (χ0n) is 20.5. The Morgan fingerprint density at radius 2 is 1.80 bits per heavy atom. The van der Waals surface area contributed by atoms with Gasteiger partial charge in [0.2, 0.25) is 21.8 Å². The van der Waals surface area contributed by atoms with Crippen LogP contribution in [0.3, 0.4) is 0 Å². The van der Waals surface area contributed by atoms with E-state index in [9.17, 15) is 18.0 Å². The highest BCUT2D eigenvalue weighted by molar-refractivity contribution is 7.89. The fourth-order valence-corrected chi connectivity index (χ4v) is 6.31. The van der Waals surface area contributed by atoms with E-state index in [1.165, 1.54) is 11.6 Å². The topological polar surface area (TPSA) is 95.6 Å². The first kappa shape index (κ1) is 25.4. The number of piperidine rings is 1. The molecule has 8 heteroatoms. The van der Waals surface area contributed by atoms with Crippen molar-refractivity contribution in [3.8, 4) is 0 Å². The van der Waals surface area contributed by atoms with E-state index in [4.69, 9.17) is 0 Å². The molecular weight excluding hydrogens is 462 g/mol. The molecule has 0 bridgehead atoms. The summed E-state index contributed by atoms with van der Waals surface area (Å²) in [5.74, 6) is 0.106. The molecule has 4 rings (SSSR count). The third kappa shape index (κ3) is 6.30. The van der Waals surface area contributed by atoms with Crippen molar-refractivity contribution in [1.82, 2.24) is 9.62 Å². The maximum Gasteiger partial charge on any atom is 0.241 e. The van der Waals surface area contributed by atoms with Gasteiger partial charge >= 0.3 is 0 Å². The summed E-state index contributed by atoms with van der Waals surface area (Å²) >= 11 is 0. The highest BCUT2D eigenvalue weighted by Gasteiger charge is 2.33. The van der Waals surface area contributed by atoms with E-state index in [0.29, 0.717) is 44.0 Å². The van der Waals surface area contributed by atoms with Gasteiger partial charge in [0.15, 0.2) is 0 Å². The molecule has 0 aliphatic carbocycles. The molecule has 1 unspecified atom stereocenters. The number of benzene rings is 2. The Hall–Kier alpha value is -2.71. The van der Waals surface area contributed by atoms with Gasteiger partial charge in [0.05, 0.1) is 4.90 Å². The van der Waals surface area contributed by atoms with Crippen LogP contribution in [-0.2, 0) is 32.5 Å². The molecule has 0 aromatic heterocycles. The van der Waals surface area contributed by atoms with Crippen LogP contribution in [0.15, 0.2) is 53.4 Å². The van der Waals surface area contributed by atoms with Crippen molar-refractivity contribution in [3.63, 3.8) is 0 Å². The predicted octanol–water partition coefficient (Wildman–Crippen LogP) is 3.75. The first-order valence-corrected chi connectivity index (χ1v) is 14.0. The van der Waals surface area contributed by atoms with Crippen LogP contribution in [0.4, 0.5) is 5.69 Å². The third-order valence-electron chi connectivity index (χ3n) is 7.02. The molecule has 2 heterocycles. The van der Waals surface area contributed by atoms with E-state index in [-0.39, 0.29) is 22.6 Å². The van der Waals surface area contributed by atoms with Gasteiger partial charge in [0, 0.05) is 25.2 Å². The van der Waals surface area contributed by atoms with Crippen LogP contribution in [-0.4, -0.2) is 44.3 Å². The summed E-state index contributed by atoms with van der Waals surface area (Å²) in [6.07, 6.45) is 4.54. The number of nitrogens with zero attached hydrogens (tertiary/aromatic N) is 1. The molecule has 2 aromatic carbocycles. The molecule has 188 valence electrons. The van der Waals surface area contributed by atoms with Crippen LogP contribution in [0.25, 0.3) is 0 Å². The lowest BCUT2D eigenvalue weighted by Gasteiger charge is -2.35. The summed E-state index contributed by atoms with van der Waals surface area (Å²) in [4.78, 5) is 27.1. The summed E-state index contributed by atoms with van der Waals surface area (Å²) in [7, 11) is -3.91. The average molecular weight is 498 g/mol. The number of sulfonamides is 1. The highest BCUT2D eigenvalue weighted by atomic mass is 32.2. The quantitative estimate of drug-likeness (QED) is 0.609. The molecule has 2 N–H and O–H groups in total. The molecule has 0 saturated carbocycles. The SMILES string of the molecule is CC(C)C(NS(=O)(=O)c1ccc2c(c1)CCCC(=O)N2)C(=O)N1CCC(Cc2ccccc2)CC1. The van der Waals surface area contributed by atoms with E-state index in [0.717, 1.165) is 24.8 Å². The number of carbonyl (C=O) groups is 2. The van der Waals surface area contributed by atoms with Gasteiger partial charge in [-0.3, -0.25) is 9.59 Å². The molecule has 0 spiro atoms. The number of amides is 2. The molecule has 1 saturated heterocycles. The third-order valence-corrected chi connectivity index (χ3v) is 8.46. The number of anilines is 1. The molecule has 2 aromatic rings. The monoisotopic (exact) mass is 497 g/mol. The van der Waals surface area contributed by atoms with Crippen LogP contribution >= 0.6 is 0 Å². The molecule has 2 aliphatic heterocycles. The molecule has 2 amide bonds. The fourth-order valence-electron chi connectivity index (χ4n) is 4.93. The minimum absolute atomic E-state index is 0.0597. The van der Waals surface area contributed by atoms with Crippen molar-refractivity contribution >= 4 is 27.5 Å². The zero-order chi connectivity index (χ0) is 25.0. The van der Waals surface area contributed by atoms with E-state index in [1.54, 1.807) is 17.0 Å². The molecule has 0 radical (unpaired) electrons. The van der Waals surface area contributed by atoms with Gasteiger partial charge < -0.3 is 10.2 Å². The van der Waals surface area contributed by atoms with Gasteiger partial charge in [-0.05, 0) is 73.3 Å². The number of carbonyl (C=O) groups excluding carboxylic acids is 2. The average Bonchev–Trinajstić information content (AvgIpc) is 3.03. The summed E-state index contributed by atoms with van der Waals surface area (Å²) in [6, 6.07) is 14.3. The maximum atomic E-state index is 13.4. The van der Waals surface area contributed by atoms with Crippen molar-refractivity contribution in [2.45, 2.75) is 63.3 Å². The van der Waals surface area contributed by atoms with Gasteiger partial charge in [0.1, 0.15) is 6.04 Å². The van der Waals surface area contributed by atoms with Crippen molar-refractivity contribution in [3.05, 3.63) is 59.7 Å². The number of hydrogen-bond acceptors (Lipinski definition) is 4. The second-order valence-corrected chi connectivity index (χ2v) is 11.7. The first-order chi connectivity index (χ1) is 16.7. The van der Waals surface area contributed by atoms with Crippen molar-refractivity contribution in [2.75, 3.05) is 18.4 Å². The van der Waals surface area contributed by atoms with E-state index in [1.807, 2.05) is 32.0 Å². The number of likely N-dealkylation sites (tertiary alicyclic amines) is 1. The van der Waals surface area contributed by atoms with Crippen LogP contribution in [0.2, 0.25) is 0 Å². The van der Waals surface area contributed by atoms with E-state index >= 15 is 0 Å². The molecule has 1 fully saturated rings. The first-order valence-electron chi connectivity index (χ1n) is 12.5. The van der Waals surface area contributed by atoms with Crippen LogP contribution in [0.5, 0.6) is 0 Å². The van der Waals surface area contributed by atoms with Crippen molar-refractivity contribution in [1.29, 1.82) is 0 Å².